The number of ether oxygens (including phenoxy) is 1. The number of rotatable bonds is 3. The fourth-order valence-electron chi connectivity index (χ4n) is 3.90. The van der Waals surface area contributed by atoms with Gasteiger partial charge in [-0.2, -0.15) is 0 Å². The van der Waals surface area contributed by atoms with Gasteiger partial charge in [0.2, 0.25) is 0 Å². The highest BCUT2D eigenvalue weighted by Crippen LogP contribution is 2.34. The van der Waals surface area contributed by atoms with Crippen LogP contribution in [0.5, 0.6) is 11.5 Å². The van der Waals surface area contributed by atoms with Crippen molar-refractivity contribution in [1.82, 2.24) is 9.80 Å². The molecule has 2 aliphatic heterocycles. The summed E-state index contributed by atoms with van der Waals surface area (Å²) in [4.78, 5) is 5.24. The lowest BCUT2D eigenvalue weighted by molar-refractivity contribution is 0.0325. The molecule has 2 saturated heterocycles. The molecule has 21 heavy (non-hydrogen) atoms. The van der Waals surface area contributed by atoms with Gasteiger partial charge in [0, 0.05) is 31.2 Å². The molecule has 116 valence electrons. The third kappa shape index (κ3) is 2.74. The number of benzene rings is 1. The van der Waals surface area contributed by atoms with E-state index >= 15 is 0 Å². The molecular weight excluding hydrogens is 264 g/mol. The van der Waals surface area contributed by atoms with Crippen molar-refractivity contribution in [3.05, 3.63) is 23.8 Å². The van der Waals surface area contributed by atoms with Crippen LogP contribution in [-0.4, -0.2) is 53.7 Å². The SMILES string of the molecule is COc1cc(C(C)N2CC3CCCN3CC2C)ccc1O. The van der Waals surface area contributed by atoms with E-state index in [-0.39, 0.29) is 5.75 Å². The van der Waals surface area contributed by atoms with Crippen LogP contribution >= 0.6 is 0 Å². The minimum Gasteiger partial charge on any atom is -0.504 e. The molecular formula is C17H26N2O2. The fourth-order valence-corrected chi connectivity index (χ4v) is 3.90. The number of fused-ring (bicyclic) bond motifs is 1. The molecule has 0 aromatic heterocycles. The molecule has 0 aliphatic carbocycles. The van der Waals surface area contributed by atoms with E-state index in [1.807, 2.05) is 12.1 Å². The van der Waals surface area contributed by atoms with Crippen LogP contribution in [0, 0.1) is 0 Å². The third-order valence-corrected chi connectivity index (χ3v) is 5.17. The summed E-state index contributed by atoms with van der Waals surface area (Å²) >= 11 is 0. The molecule has 2 fully saturated rings. The van der Waals surface area contributed by atoms with E-state index in [1.54, 1.807) is 13.2 Å². The highest BCUT2D eigenvalue weighted by molar-refractivity contribution is 5.42. The van der Waals surface area contributed by atoms with E-state index in [9.17, 15) is 5.11 Å². The van der Waals surface area contributed by atoms with E-state index in [2.05, 4.69) is 23.6 Å². The average molecular weight is 290 g/mol. The van der Waals surface area contributed by atoms with Gasteiger partial charge in [-0.3, -0.25) is 9.80 Å². The van der Waals surface area contributed by atoms with E-state index in [0.717, 1.165) is 12.6 Å². The number of hydrogen-bond acceptors (Lipinski definition) is 4. The van der Waals surface area contributed by atoms with Crippen LogP contribution in [0.25, 0.3) is 0 Å². The highest BCUT2D eigenvalue weighted by atomic mass is 16.5. The maximum Gasteiger partial charge on any atom is 0.160 e. The molecule has 0 radical (unpaired) electrons. The molecule has 2 aliphatic rings. The molecule has 2 heterocycles. The Hall–Kier alpha value is -1.26. The van der Waals surface area contributed by atoms with Gasteiger partial charge in [0.25, 0.3) is 0 Å². The van der Waals surface area contributed by atoms with Crippen molar-refractivity contribution < 1.29 is 9.84 Å². The molecule has 1 N–H and O–H groups in total. The van der Waals surface area contributed by atoms with Gasteiger partial charge in [0.1, 0.15) is 0 Å². The first-order valence-corrected chi connectivity index (χ1v) is 7.97. The lowest BCUT2D eigenvalue weighted by Gasteiger charge is -2.45. The quantitative estimate of drug-likeness (QED) is 0.928. The van der Waals surface area contributed by atoms with Crippen LogP contribution in [0.3, 0.4) is 0 Å². The van der Waals surface area contributed by atoms with E-state index in [1.165, 1.54) is 31.5 Å². The van der Waals surface area contributed by atoms with E-state index in [0.29, 0.717) is 17.8 Å². The number of aromatic hydroxyl groups is 1. The molecule has 3 rings (SSSR count). The lowest BCUT2D eigenvalue weighted by Crippen LogP contribution is -2.55. The molecule has 3 unspecified atom stereocenters. The van der Waals surface area contributed by atoms with Gasteiger partial charge in [-0.05, 0) is 50.9 Å². The number of phenols is 1. The summed E-state index contributed by atoms with van der Waals surface area (Å²) in [6, 6.07) is 7.35. The zero-order chi connectivity index (χ0) is 15.0. The normalized spacial score (nSPS) is 28.3. The maximum absolute atomic E-state index is 9.76. The van der Waals surface area contributed by atoms with Gasteiger partial charge < -0.3 is 9.84 Å². The molecule has 0 bridgehead atoms. The predicted octanol–water partition coefficient (Wildman–Crippen LogP) is 2.63. The Balaban J connectivity index is 1.79. The average Bonchev–Trinajstić information content (AvgIpc) is 2.93. The van der Waals surface area contributed by atoms with Crippen LogP contribution in [0.15, 0.2) is 18.2 Å². The first-order chi connectivity index (χ1) is 10.1. The Labute approximate surface area is 127 Å². The van der Waals surface area contributed by atoms with Crippen molar-refractivity contribution in [2.45, 2.75) is 44.8 Å². The summed E-state index contributed by atoms with van der Waals surface area (Å²) in [5, 5.41) is 9.76. The second-order valence-electron chi connectivity index (χ2n) is 6.44. The lowest BCUT2D eigenvalue weighted by atomic mass is 10.0. The van der Waals surface area contributed by atoms with Crippen LogP contribution in [-0.2, 0) is 0 Å². The Morgan fingerprint density at radius 2 is 2.14 bits per heavy atom. The third-order valence-electron chi connectivity index (χ3n) is 5.17. The highest BCUT2D eigenvalue weighted by Gasteiger charge is 2.36. The van der Waals surface area contributed by atoms with E-state index < -0.39 is 0 Å². The van der Waals surface area contributed by atoms with Crippen molar-refractivity contribution in [2.24, 2.45) is 0 Å². The number of methoxy groups -OCH3 is 1. The van der Waals surface area contributed by atoms with Gasteiger partial charge in [-0.25, -0.2) is 0 Å². The molecule has 3 atom stereocenters. The molecule has 0 amide bonds. The zero-order valence-electron chi connectivity index (χ0n) is 13.2. The van der Waals surface area contributed by atoms with Crippen molar-refractivity contribution in [3.63, 3.8) is 0 Å². The van der Waals surface area contributed by atoms with Gasteiger partial charge >= 0.3 is 0 Å². The summed E-state index contributed by atoms with van der Waals surface area (Å²) in [6.45, 7) is 8.16. The minimum absolute atomic E-state index is 0.210. The first-order valence-electron chi connectivity index (χ1n) is 7.97. The second-order valence-corrected chi connectivity index (χ2v) is 6.44. The molecule has 4 heteroatoms. The van der Waals surface area contributed by atoms with Crippen LogP contribution in [0.2, 0.25) is 0 Å². The van der Waals surface area contributed by atoms with Crippen LogP contribution < -0.4 is 4.74 Å². The monoisotopic (exact) mass is 290 g/mol. The Bertz CT molecular complexity index is 506. The molecule has 1 aromatic carbocycles. The standard InChI is InChI=1S/C17H26N2O2/c1-12-10-18-8-4-5-15(18)11-19(12)13(2)14-6-7-16(20)17(9-14)21-3/h6-7,9,12-13,15,20H,4-5,8,10-11H2,1-3H3. The molecule has 0 saturated carbocycles. The molecule has 1 aromatic rings. The fraction of sp³-hybridized carbons (Fsp3) is 0.647. The van der Waals surface area contributed by atoms with Crippen molar-refractivity contribution >= 4 is 0 Å². The Kier molecular flexibility index (Phi) is 4.09. The van der Waals surface area contributed by atoms with Crippen LogP contribution in [0.1, 0.15) is 38.3 Å². The van der Waals surface area contributed by atoms with Crippen LogP contribution in [0.4, 0.5) is 0 Å². The zero-order valence-corrected chi connectivity index (χ0v) is 13.2. The predicted molar refractivity (Wildman–Crippen MR) is 83.8 cm³/mol. The number of phenolic OH excluding ortho intramolecular Hbond substituents is 1. The smallest absolute Gasteiger partial charge is 0.160 e. The van der Waals surface area contributed by atoms with Crippen molar-refractivity contribution in [1.29, 1.82) is 0 Å². The summed E-state index contributed by atoms with van der Waals surface area (Å²) in [5.41, 5.74) is 1.21. The van der Waals surface area contributed by atoms with Gasteiger partial charge in [-0.1, -0.05) is 6.07 Å². The summed E-state index contributed by atoms with van der Waals surface area (Å²) < 4.78 is 5.24. The maximum atomic E-state index is 9.76. The van der Waals surface area contributed by atoms with Gasteiger partial charge in [-0.15, -0.1) is 0 Å². The van der Waals surface area contributed by atoms with Crippen molar-refractivity contribution in [3.8, 4) is 11.5 Å². The Morgan fingerprint density at radius 1 is 1.33 bits per heavy atom. The molecule has 4 nitrogen and oxygen atoms in total. The number of hydrogen-bond donors (Lipinski definition) is 1. The molecule has 0 spiro atoms. The first kappa shape index (κ1) is 14.7. The number of nitrogens with zero attached hydrogens (tertiary/aromatic N) is 2. The summed E-state index contributed by atoms with van der Waals surface area (Å²) in [5.74, 6) is 0.772. The second kappa shape index (κ2) is 5.85. The Morgan fingerprint density at radius 3 is 2.90 bits per heavy atom. The largest absolute Gasteiger partial charge is 0.504 e. The van der Waals surface area contributed by atoms with Gasteiger partial charge in [0.05, 0.1) is 7.11 Å². The topological polar surface area (TPSA) is 35.9 Å². The summed E-state index contributed by atoms with van der Waals surface area (Å²) in [7, 11) is 1.60. The van der Waals surface area contributed by atoms with E-state index in [4.69, 9.17) is 4.74 Å². The summed E-state index contributed by atoms with van der Waals surface area (Å²) in [6.07, 6.45) is 2.67. The number of piperazine rings is 1. The van der Waals surface area contributed by atoms with Gasteiger partial charge in [0.15, 0.2) is 11.5 Å². The minimum atomic E-state index is 0.210. The van der Waals surface area contributed by atoms with Crippen molar-refractivity contribution in [2.75, 3.05) is 26.7 Å².